The van der Waals surface area contributed by atoms with Crippen LogP contribution in [0.5, 0.6) is 5.75 Å². The zero-order valence-corrected chi connectivity index (χ0v) is 10.1. The Bertz CT molecular complexity index is 366. The average molecular weight is 236 g/mol. The van der Waals surface area contributed by atoms with Crippen molar-refractivity contribution in [2.24, 2.45) is 11.7 Å². The number of hydrogen-bond donors (Lipinski definition) is 3. The summed E-state index contributed by atoms with van der Waals surface area (Å²) in [5.74, 6) is -0.0340. The van der Waals surface area contributed by atoms with Crippen LogP contribution in [0, 0.1) is 5.92 Å². The molecule has 1 unspecified atom stereocenters. The van der Waals surface area contributed by atoms with Crippen molar-refractivity contribution in [3.63, 3.8) is 0 Å². The van der Waals surface area contributed by atoms with Crippen LogP contribution in [-0.2, 0) is 11.2 Å². The largest absolute Gasteiger partial charge is 0.508 e. The summed E-state index contributed by atoms with van der Waals surface area (Å²) in [6.45, 7) is 2.99. The van der Waals surface area contributed by atoms with Crippen molar-refractivity contribution in [3.8, 4) is 5.75 Å². The van der Waals surface area contributed by atoms with E-state index < -0.39 is 0 Å². The molecule has 4 nitrogen and oxygen atoms in total. The number of phenols is 1. The Morgan fingerprint density at radius 2 is 2.29 bits per heavy atom. The molecule has 0 spiro atoms. The fourth-order valence-corrected chi connectivity index (χ4v) is 1.64. The van der Waals surface area contributed by atoms with Crippen molar-refractivity contribution in [1.29, 1.82) is 0 Å². The highest BCUT2D eigenvalue weighted by Crippen LogP contribution is 2.14. The Morgan fingerprint density at radius 1 is 1.53 bits per heavy atom. The van der Waals surface area contributed by atoms with E-state index >= 15 is 0 Å². The fraction of sp³-hybridized carbons (Fsp3) is 0.462. The topological polar surface area (TPSA) is 75.4 Å². The summed E-state index contributed by atoms with van der Waals surface area (Å²) >= 11 is 0. The molecule has 1 amide bonds. The molecule has 0 radical (unpaired) electrons. The Kier molecular flexibility index (Phi) is 5.49. The number of phenolic OH excluding ortho intramolecular Hbond substituents is 1. The van der Waals surface area contributed by atoms with Gasteiger partial charge >= 0.3 is 0 Å². The number of nitrogens with one attached hydrogen (secondary N) is 1. The number of rotatable bonds is 6. The maximum Gasteiger partial charge on any atom is 0.224 e. The Balaban J connectivity index is 2.60. The SMILES string of the molecule is CCCNC(=O)C(CN)Cc1cccc(O)c1. The number of aromatic hydroxyl groups is 1. The summed E-state index contributed by atoms with van der Waals surface area (Å²) < 4.78 is 0. The molecule has 17 heavy (non-hydrogen) atoms. The van der Waals surface area contributed by atoms with Crippen LogP contribution < -0.4 is 11.1 Å². The van der Waals surface area contributed by atoms with E-state index in [1.54, 1.807) is 18.2 Å². The molecule has 4 heteroatoms. The number of hydrogen-bond acceptors (Lipinski definition) is 3. The van der Waals surface area contributed by atoms with Crippen LogP contribution in [-0.4, -0.2) is 24.1 Å². The minimum Gasteiger partial charge on any atom is -0.508 e. The molecule has 0 fully saturated rings. The molecule has 1 aromatic carbocycles. The number of amides is 1. The lowest BCUT2D eigenvalue weighted by Gasteiger charge is -2.14. The van der Waals surface area contributed by atoms with Crippen molar-refractivity contribution >= 4 is 5.91 Å². The van der Waals surface area contributed by atoms with Crippen LogP contribution in [0.3, 0.4) is 0 Å². The fourth-order valence-electron chi connectivity index (χ4n) is 1.64. The molecule has 4 N–H and O–H groups in total. The van der Waals surface area contributed by atoms with Crippen LogP contribution >= 0.6 is 0 Å². The Hall–Kier alpha value is -1.55. The quantitative estimate of drug-likeness (QED) is 0.690. The van der Waals surface area contributed by atoms with Gasteiger partial charge in [-0.3, -0.25) is 4.79 Å². The van der Waals surface area contributed by atoms with Gasteiger partial charge in [0.1, 0.15) is 5.75 Å². The first-order valence-electron chi connectivity index (χ1n) is 5.93. The van der Waals surface area contributed by atoms with Gasteiger partial charge in [0.15, 0.2) is 0 Å². The highest BCUT2D eigenvalue weighted by Gasteiger charge is 2.16. The van der Waals surface area contributed by atoms with E-state index in [1.807, 2.05) is 13.0 Å². The molecule has 1 aromatic rings. The molecule has 0 saturated heterocycles. The third-order valence-electron chi connectivity index (χ3n) is 2.60. The molecule has 0 aliphatic rings. The lowest BCUT2D eigenvalue weighted by Crippen LogP contribution is -2.36. The van der Waals surface area contributed by atoms with Crippen LogP contribution in [0.1, 0.15) is 18.9 Å². The summed E-state index contributed by atoms with van der Waals surface area (Å²) in [6, 6.07) is 6.92. The number of benzene rings is 1. The summed E-state index contributed by atoms with van der Waals surface area (Å²) in [7, 11) is 0. The first kappa shape index (κ1) is 13.5. The van der Waals surface area contributed by atoms with E-state index in [1.165, 1.54) is 0 Å². The highest BCUT2D eigenvalue weighted by molar-refractivity contribution is 5.79. The average Bonchev–Trinajstić information content (AvgIpc) is 2.33. The summed E-state index contributed by atoms with van der Waals surface area (Å²) in [6.07, 6.45) is 1.47. The summed E-state index contributed by atoms with van der Waals surface area (Å²) in [5, 5.41) is 12.2. The molecule has 0 bridgehead atoms. The van der Waals surface area contributed by atoms with Crippen molar-refractivity contribution in [1.82, 2.24) is 5.32 Å². The second kappa shape index (κ2) is 6.91. The van der Waals surface area contributed by atoms with E-state index in [0.29, 0.717) is 19.5 Å². The van der Waals surface area contributed by atoms with Gasteiger partial charge in [0, 0.05) is 13.1 Å². The van der Waals surface area contributed by atoms with Gasteiger partial charge in [-0.25, -0.2) is 0 Å². The Morgan fingerprint density at radius 3 is 2.88 bits per heavy atom. The van der Waals surface area contributed by atoms with Crippen LogP contribution in [0.4, 0.5) is 0 Å². The summed E-state index contributed by atoms with van der Waals surface area (Å²) in [4.78, 5) is 11.8. The van der Waals surface area contributed by atoms with Gasteiger partial charge in [-0.2, -0.15) is 0 Å². The predicted molar refractivity (Wildman–Crippen MR) is 67.7 cm³/mol. The number of carbonyl (C=O) groups excluding carboxylic acids is 1. The highest BCUT2D eigenvalue weighted by atomic mass is 16.3. The van der Waals surface area contributed by atoms with Crippen LogP contribution in [0.2, 0.25) is 0 Å². The molecule has 0 aromatic heterocycles. The maximum atomic E-state index is 11.8. The summed E-state index contributed by atoms with van der Waals surface area (Å²) in [5.41, 5.74) is 6.53. The van der Waals surface area contributed by atoms with Gasteiger partial charge in [-0.15, -0.1) is 0 Å². The number of nitrogens with two attached hydrogens (primary N) is 1. The molecule has 1 rings (SSSR count). The van der Waals surface area contributed by atoms with E-state index in [-0.39, 0.29) is 17.6 Å². The third-order valence-corrected chi connectivity index (χ3v) is 2.60. The molecule has 0 heterocycles. The normalized spacial score (nSPS) is 12.1. The van der Waals surface area contributed by atoms with Gasteiger partial charge in [0.05, 0.1) is 5.92 Å². The van der Waals surface area contributed by atoms with Gasteiger partial charge in [0.2, 0.25) is 5.91 Å². The second-order valence-corrected chi connectivity index (χ2v) is 4.10. The minimum absolute atomic E-state index is 0.0160. The van der Waals surface area contributed by atoms with Gasteiger partial charge in [-0.05, 0) is 30.5 Å². The van der Waals surface area contributed by atoms with Crippen molar-refractivity contribution in [2.75, 3.05) is 13.1 Å². The zero-order valence-electron chi connectivity index (χ0n) is 10.1. The van der Waals surface area contributed by atoms with Gasteiger partial charge < -0.3 is 16.2 Å². The zero-order chi connectivity index (χ0) is 12.7. The monoisotopic (exact) mass is 236 g/mol. The first-order valence-corrected chi connectivity index (χ1v) is 5.93. The molecule has 0 aliphatic heterocycles. The van der Waals surface area contributed by atoms with E-state index in [9.17, 15) is 9.90 Å². The predicted octanol–water partition coefficient (Wildman–Crippen LogP) is 1.04. The molecule has 94 valence electrons. The smallest absolute Gasteiger partial charge is 0.224 e. The lowest BCUT2D eigenvalue weighted by atomic mass is 9.98. The van der Waals surface area contributed by atoms with Crippen molar-refractivity contribution in [2.45, 2.75) is 19.8 Å². The van der Waals surface area contributed by atoms with E-state index in [0.717, 1.165) is 12.0 Å². The van der Waals surface area contributed by atoms with Gasteiger partial charge in [-0.1, -0.05) is 19.1 Å². The molecule has 1 atom stereocenters. The Labute approximate surface area is 102 Å². The number of carbonyl (C=O) groups is 1. The minimum atomic E-state index is -0.233. The molecular formula is C13H20N2O2. The second-order valence-electron chi connectivity index (χ2n) is 4.10. The van der Waals surface area contributed by atoms with Gasteiger partial charge in [0.25, 0.3) is 0 Å². The van der Waals surface area contributed by atoms with E-state index in [4.69, 9.17) is 5.73 Å². The van der Waals surface area contributed by atoms with Crippen molar-refractivity contribution in [3.05, 3.63) is 29.8 Å². The third kappa shape index (κ3) is 4.44. The molecule has 0 aliphatic carbocycles. The standard InChI is InChI=1S/C13H20N2O2/c1-2-6-15-13(17)11(9-14)7-10-4-3-5-12(16)8-10/h3-5,8,11,16H,2,6-7,9,14H2,1H3,(H,15,17). The maximum absolute atomic E-state index is 11.8. The first-order chi connectivity index (χ1) is 8.17. The molecule has 0 saturated carbocycles. The van der Waals surface area contributed by atoms with Crippen LogP contribution in [0.25, 0.3) is 0 Å². The van der Waals surface area contributed by atoms with E-state index in [2.05, 4.69) is 5.32 Å². The van der Waals surface area contributed by atoms with Crippen molar-refractivity contribution < 1.29 is 9.90 Å². The van der Waals surface area contributed by atoms with Crippen LogP contribution in [0.15, 0.2) is 24.3 Å². The molecular weight excluding hydrogens is 216 g/mol. The lowest BCUT2D eigenvalue weighted by molar-refractivity contribution is -0.124.